The van der Waals surface area contributed by atoms with Crippen molar-refractivity contribution in [3.05, 3.63) is 29.8 Å². The Hall–Kier alpha value is -1.39. The standard InChI is InChI=1S/C16H23NO3/c1-13(2)16(18)14-5-3-4-6-15(14)20-12-9-17-7-10-19-11-8-17/h3-6,13H,7-12H2,1-2H3. The second kappa shape index (κ2) is 7.41. The molecule has 20 heavy (non-hydrogen) atoms. The third-order valence-electron chi connectivity index (χ3n) is 3.45. The Kier molecular flexibility index (Phi) is 5.56. The van der Waals surface area contributed by atoms with Gasteiger partial charge in [0.05, 0.1) is 18.8 Å². The molecule has 1 aliphatic rings. The molecule has 4 nitrogen and oxygen atoms in total. The van der Waals surface area contributed by atoms with Gasteiger partial charge in [-0.05, 0) is 12.1 Å². The van der Waals surface area contributed by atoms with E-state index in [1.807, 2.05) is 38.1 Å². The Balaban J connectivity index is 1.90. The summed E-state index contributed by atoms with van der Waals surface area (Å²) in [6, 6.07) is 7.49. The molecule has 1 aliphatic heterocycles. The summed E-state index contributed by atoms with van der Waals surface area (Å²) in [6.45, 7) is 8.78. The average Bonchev–Trinajstić information content (AvgIpc) is 2.48. The van der Waals surface area contributed by atoms with Crippen LogP contribution < -0.4 is 4.74 Å². The Labute approximate surface area is 120 Å². The summed E-state index contributed by atoms with van der Waals surface area (Å²) in [7, 11) is 0. The van der Waals surface area contributed by atoms with Crippen LogP contribution in [0.3, 0.4) is 0 Å². The molecule has 0 bridgehead atoms. The van der Waals surface area contributed by atoms with Crippen molar-refractivity contribution in [3.8, 4) is 5.75 Å². The van der Waals surface area contributed by atoms with Gasteiger partial charge in [0.25, 0.3) is 0 Å². The van der Waals surface area contributed by atoms with Gasteiger partial charge >= 0.3 is 0 Å². The van der Waals surface area contributed by atoms with E-state index in [0.717, 1.165) is 32.8 Å². The first kappa shape index (κ1) is 15.0. The number of ketones is 1. The molecule has 2 rings (SSSR count). The summed E-state index contributed by atoms with van der Waals surface area (Å²) < 4.78 is 11.1. The number of nitrogens with zero attached hydrogens (tertiary/aromatic N) is 1. The quantitative estimate of drug-likeness (QED) is 0.748. The first-order valence-corrected chi connectivity index (χ1v) is 7.24. The van der Waals surface area contributed by atoms with E-state index in [9.17, 15) is 4.79 Å². The number of carbonyl (C=O) groups is 1. The molecule has 0 aliphatic carbocycles. The third-order valence-corrected chi connectivity index (χ3v) is 3.45. The highest BCUT2D eigenvalue weighted by Gasteiger charge is 2.16. The van der Waals surface area contributed by atoms with Crippen molar-refractivity contribution in [1.29, 1.82) is 0 Å². The van der Waals surface area contributed by atoms with Gasteiger partial charge in [0.2, 0.25) is 0 Å². The number of hydrogen-bond acceptors (Lipinski definition) is 4. The maximum Gasteiger partial charge on any atom is 0.169 e. The fourth-order valence-electron chi connectivity index (χ4n) is 2.22. The van der Waals surface area contributed by atoms with Crippen molar-refractivity contribution in [2.75, 3.05) is 39.5 Å². The molecule has 1 heterocycles. The van der Waals surface area contributed by atoms with Crippen LogP contribution in [0.2, 0.25) is 0 Å². The first-order valence-electron chi connectivity index (χ1n) is 7.24. The summed E-state index contributed by atoms with van der Waals surface area (Å²) in [5.41, 5.74) is 0.685. The molecule has 0 atom stereocenters. The van der Waals surface area contributed by atoms with Gasteiger partial charge in [-0.3, -0.25) is 9.69 Å². The fourth-order valence-corrected chi connectivity index (χ4v) is 2.22. The van der Waals surface area contributed by atoms with Crippen molar-refractivity contribution in [1.82, 2.24) is 4.90 Å². The van der Waals surface area contributed by atoms with E-state index >= 15 is 0 Å². The van der Waals surface area contributed by atoms with Crippen LogP contribution in [0.15, 0.2) is 24.3 Å². The largest absolute Gasteiger partial charge is 0.491 e. The Morgan fingerprint density at radius 2 is 2.00 bits per heavy atom. The molecule has 0 saturated carbocycles. The van der Waals surface area contributed by atoms with E-state index in [2.05, 4.69) is 4.90 Å². The lowest BCUT2D eigenvalue weighted by Gasteiger charge is -2.26. The lowest BCUT2D eigenvalue weighted by Crippen LogP contribution is -2.38. The lowest BCUT2D eigenvalue weighted by molar-refractivity contribution is 0.0322. The third kappa shape index (κ3) is 4.05. The normalized spacial score (nSPS) is 16.4. The smallest absolute Gasteiger partial charge is 0.169 e. The molecule has 0 radical (unpaired) electrons. The lowest BCUT2D eigenvalue weighted by atomic mass is 10.0. The van der Waals surface area contributed by atoms with Crippen LogP contribution in [0.25, 0.3) is 0 Å². The van der Waals surface area contributed by atoms with Crippen molar-refractivity contribution in [2.24, 2.45) is 5.92 Å². The Bertz CT molecular complexity index is 439. The van der Waals surface area contributed by atoms with Gasteiger partial charge in [-0.15, -0.1) is 0 Å². The summed E-state index contributed by atoms with van der Waals surface area (Å²) in [4.78, 5) is 14.4. The molecular formula is C16H23NO3. The molecule has 110 valence electrons. The van der Waals surface area contributed by atoms with E-state index in [0.29, 0.717) is 17.9 Å². The van der Waals surface area contributed by atoms with Gasteiger partial charge in [0.1, 0.15) is 12.4 Å². The number of benzene rings is 1. The van der Waals surface area contributed by atoms with Crippen LogP contribution in [0.1, 0.15) is 24.2 Å². The molecule has 1 saturated heterocycles. The minimum Gasteiger partial charge on any atom is -0.491 e. The second-order valence-electron chi connectivity index (χ2n) is 5.32. The van der Waals surface area contributed by atoms with Gasteiger partial charge in [0, 0.05) is 25.6 Å². The number of Topliss-reactive ketones (excluding diaryl/α,β-unsaturated/α-hetero) is 1. The second-order valence-corrected chi connectivity index (χ2v) is 5.32. The van der Waals surface area contributed by atoms with Gasteiger partial charge in [-0.25, -0.2) is 0 Å². The topological polar surface area (TPSA) is 38.8 Å². The highest BCUT2D eigenvalue weighted by molar-refractivity contribution is 5.99. The molecule has 0 unspecified atom stereocenters. The molecule has 0 spiro atoms. The maximum absolute atomic E-state index is 12.1. The molecule has 0 aromatic heterocycles. The maximum atomic E-state index is 12.1. The monoisotopic (exact) mass is 277 g/mol. The van der Waals surface area contributed by atoms with Gasteiger partial charge in [-0.1, -0.05) is 26.0 Å². The summed E-state index contributed by atoms with van der Waals surface area (Å²) in [5.74, 6) is 0.811. The molecular weight excluding hydrogens is 254 g/mol. The summed E-state index contributed by atoms with van der Waals surface area (Å²) in [6.07, 6.45) is 0. The number of morpholine rings is 1. The SMILES string of the molecule is CC(C)C(=O)c1ccccc1OCCN1CCOCC1. The van der Waals surface area contributed by atoms with Crippen LogP contribution in [0.5, 0.6) is 5.75 Å². The Morgan fingerprint density at radius 1 is 1.30 bits per heavy atom. The van der Waals surface area contributed by atoms with E-state index in [1.165, 1.54) is 0 Å². The zero-order valence-corrected chi connectivity index (χ0v) is 12.3. The van der Waals surface area contributed by atoms with Crippen LogP contribution >= 0.6 is 0 Å². The minimum atomic E-state index is -0.0148. The van der Waals surface area contributed by atoms with Gasteiger partial charge in [-0.2, -0.15) is 0 Å². The van der Waals surface area contributed by atoms with Gasteiger partial charge < -0.3 is 9.47 Å². The van der Waals surface area contributed by atoms with Crippen molar-refractivity contribution in [3.63, 3.8) is 0 Å². The fraction of sp³-hybridized carbons (Fsp3) is 0.562. The number of rotatable bonds is 6. The highest BCUT2D eigenvalue weighted by Crippen LogP contribution is 2.21. The molecule has 4 heteroatoms. The molecule has 0 N–H and O–H groups in total. The van der Waals surface area contributed by atoms with Crippen LogP contribution in [0, 0.1) is 5.92 Å². The number of para-hydroxylation sites is 1. The number of ether oxygens (including phenoxy) is 2. The Morgan fingerprint density at radius 3 is 2.70 bits per heavy atom. The van der Waals surface area contributed by atoms with Crippen LogP contribution in [0.4, 0.5) is 0 Å². The van der Waals surface area contributed by atoms with Crippen molar-refractivity contribution >= 4 is 5.78 Å². The van der Waals surface area contributed by atoms with Crippen LogP contribution in [-0.4, -0.2) is 50.1 Å². The first-order chi connectivity index (χ1) is 9.68. The van der Waals surface area contributed by atoms with E-state index in [1.54, 1.807) is 0 Å². The molecule has 0 amide bonds. The van der Waals surface area contributed by atoms with Crippen molar-refractivity contribution < 1.29 is 14.3 Å². The predicted octanol–water partition coefficient (Wildman–Crippen LogP) is 2.24. The molecule has 1 fully saturated rings. The number of carbonyl (C=O) groups excluding carboxylic acids is 1. The summed E-state index contributed by atoms with van der Waals surface area (Å²) in [5, 5.41) is 0. The predicted molar refractivity (Wildman–Crippen MR) is 78.4 cm³/mol. The zero-order valence-electron chi connectivity index (χ0n) is 12.3. The van der Waals surface area contributed by atoms with E-state index in [4.69, 9.17) is 9.47 Å². The average molecular weight is 277 g/mol. The number of hydrogen-bond donors (Lipinski definition) is 0. The van der Waals surface area contributed by atoms with Gasteiger partial charge in [0.15, 0.2) is 5.78 Å². The summed E-state index contributed by atoms with van der Waals surface area (Å²) >= 11 is 0. The highest BCUT2D eigenvalue weighted by atomic mass is 16.5. The molecule has 1 aromatic carbocycles. The zero-order chi connectivity index (χ0) is 14.4. The molecule has 1 aromatic rings. The minimum absolute atomic E-state index is 0.0148. The van der Waals surface area contributed by atoms with Crippen LogP contribution in [-0.2, 0) is 4.74 Å². The van der Waals surface area contributed by atoms with E-state index in [-0.39, 0.29) is 11.7 Å². The van der Waals surface area contributed by atoms with Crippen molar-refractivity contribution in [2.45, 2.75) is 13.8 Å². The van der Waals surface area contributed by atoms with E-state index < -0.39 is 0 Å².